The fourth-order valence-corrected chi connectivity index (χ4v) is 2.07. The molecule has 1 amide bonds. The summed E-state index contributed by atoms with van der Waals surface area (Å²) in [4.78, 5) is 18.7. The van der Waals surface area contributed by atoms with Crippen molar-refractivity contribution in [2.45, 2.75) is 13.8 Å². The van der Waals surface area contributed by atoms with E-state index in [0.717, 1.165) is 24.5 Å². The maximum absolute atomic E-state index is 12.2. The Morgan fingerprint density at radius 2 is 1.91 bits per heavy atom. The van der Waals surface area contributed by atoms with Crippen molar-refractivity contribution >= 4 is 17.4 Å². The first-order valence-electron chi connectivity index (χ1n) is 7.69. The van der Waals surface area contributed by atoms with Gasteiger partial charge in [0, 0.05) is 18.7 Å². The summed E-state index contributed by atoms with van der Waals surface area (Å²) in [5.41, 5.74) is 3.63. The van der Waals surface area contributed by atoms with Crippen LogP contribution in [-0.2, 0) is 0 Å². The molecule has 122 valence electrons. The summed E-state index contributed by atoms with van der Waals surface area (Å²) < 4.78 is 0. The molecule has 1 aromatic heterocycles. The van der Waals surface area contributed by atoms with Gasteiger partial charge < -0.3 is 15.5 Å². The van der Waals surface area contributed by atoms with E-state index in [2.05, 4.69) is 20.5 Å². The van der Waals surface area contributed by atoms with Gasteiger partial charge in [-0.1, -0.05) is 6.07 Å². The fraction of sp³-hybridized carbons (Fsp3) is 0.333. The van der Waals surface area contributed by atoms with Gasteiger partial charge in [-0.3, -0.25) is 4.79 Å². The molecule has 1 aromatic carbocycles. The Labute approximate surface area is 137 Å². The average molecular weight is 312 g/mol. The molecule has 2 N–H and O–H groups in total. The molecule has 0 spiro atoms. The number of anilines is 2. The predicted octanol–water partition coefficient (Wildman–Crippen LogP) is 2.92. The van der Waals surface area contributed by atoms with E-state index in [1.807, 2.05) is 58.3 Å². The minimum Gasteiger partial charge on any atom is -0.369 e. The van der Waals surface area contributed by atoms with Crippen LogP contribution in [0.4, 0.5) is 11.5 Å². The van der Waals surface area contributed by atoms with Gasteiger partial charge in [0.2, 0.25) is 0 Å². The number of nitrogens with one attached hydrogen (secondary N) is 2. The number of hydrogen-bond donors (Lipinski definition) is 2. The molecule has 0 aliphatic heterocycles. The summed E-state index contributed by atoms with van der Waals surface area (Å²) in [5.74, 6) is 0.680. The molecule has 2 rings (SSSR count). The smallest absolute Gasteiger partial charge is 0.255 e. The van der Waals surface area contributed by atoms with Crippen LogP contribution in [0.5, 0.6) is 0 Å². The van der Waals surface area contributed by atoms with Crippen LogP contribution in [0.15, 0.2) is 36.5 Å². The highest BCUT2D eigenvalue weighted by atomic mass is 16.1. The van der Waals surface area contributed by atoms with Crippen molar-refractivity contribution in [3.63, 3.8) is 0 Å². The summed E-state index contributed by atoms with van der Waals surface area (Å²) in [6.07, 6.45) is 1.66. The number of carbonyl (C=O) groups excluding carboxylic acids is 1. The van der Waals surface area contributed by atoms with Crippen molar-refractivity contribution in [1.82, 2.24) is 9.88 Å². The van der Waals surface area contributed by atoms with Crippen molar-refractivity contribution in [3.8, 4) is 0 Å². The van der Waals surface area contributed by atoms with Gasteiger partial charge in [-0.05, 0) is 63.3 Å². The minimum atomic E-state index is -0.122. The van der Waals surface area contributed by atoms with Gasteiger partial charge in [0.1, 0.15) is 5.82 Å². The van der Waals surface area contributed by atoms with Crippen molar-refractivity contribution in [1.29, 1.82) is 0 Å². The van der Waals surface area contributed by atoms with Gasteiger partial charge >= 0.3 is 0 Å². The minimum absolute atomic E-state index is 0.122. The van der Waals surface area contributed by atoms with Crippen molar-refractivity contribution < 1.29 is 4.79 Å². The number of benzene rings is 1. The highest BCUT2D eigenvalue weighted by Crippen LogP contribution is 2.14. The number of hydrogen-bond acceptors (Lipinski definition) is 4. The van der Waals surface area contributed by atoms with Crippen molar-refractivity contribution in [3.05, 3.63) is 53.2 Å². The predicted molar refractivity (Wildman–Crippen MR) is 95.1 cm³/mol. The molecule has 5 nitrogen and oxygen atoms in total. The molecule has 0 saturated carbocycles. The lowest BCUT2D eigenvalue weighted by Gasteiger charge is -2.11. The second-order valence-corrected chi connectivity index (χ2v) is 5.92. The van der Waals surface area contributed by atoms with Gasteiger partial charge in [0.25, 0.3) is 5.91 Å². The zero-order chi connectivity index (χ0) is 16.8. The molecule has 0 bridgehead atoms. The number of likely N-dealkylation sites (N-methyl/N-ethyl adjacent to an activating group) is 1. The molecule has 0 atom stereocenters. The number of amides is 1. The second kappa shape index (κ2) is 7.74. The number of pyridine rings is 1. The molecular formula is C18H24N4O. The van der Waals surface area contributed by atoms with Crippen LogP contribution in [0.1, 0.15) is 21.5 Å². The molecule has 0 saturated heterocycles. The Morgan fingerprint density at radius 3 is 2.52 bits per heavy atom. The molecule has 5 heteroatoms. The van der Waals surface area contributed by atoms with Gasteiger partial charge in [0.05, 0.1) is 11.9 Å². The highest BCUT2D eigenvalue weighted by molar-refractivity contribution is 6.04. The maximum atomic E-state index is 12.2. The van der Waals surface area contributed by atoms with Crippen LogP contribution < -0.4 is 10.6 Å². The third-order valence-electron chi connectivity index (χ3n) is 3.66. The van der Waals surface area contributed by atoms with E-state index in [9.17, 15) is 4.79 Å². The van der Waals surface area contributed by atoms with Crippen LogP contribution in [0.3, 0.4) is 0 Å². The van der Waals surface area contributed by atoms with E-state index >= 15 is 0 Å². The first kappa shape index (κ1) is 17.0. The van der Waals surface area contributed by atoms with E-state index in [0.29, 0.717) is 11.3 Å². The normalized spacial score (nSPS) is 10.7. The van der Waals surface area contributed by atoms with E-state index < -0.39 is 0 Å². The van der Waals surface area contributed by atoms with Crippen LogP contribution in [0.25, 0.3) is 0 Å². The summed E-state index contributed by atoms with van der Waals surface area (Å²) in [6.45, 7) is 5.80. The zero-order valence-corrected chi connectivity index (χ0v) is 14.2. The standard InChI is InChI=1S/C18H24N4O/c1-13-5-6-15(11-14(13)2)18(23)21-16-7-8-17(20-12-16)19-9-10-22(3)4/h5-8,11-12H,9-10H2,1-4H3,(H,19,20)(H,21,23). The van der Waals surface area contributed by atoms with Crippen molar-refractivity contribution in [2.75, 3.05) is 37.8 Å². The van der Waals surface area contributed by atoms with Gasteiger partial charge in [-0.25, -0.2) is 4.98 Å². The first-order valence-corrected chi connectivity index (χ1v) is 7.69. The van der Waals surface area contributed by atoms with E-state index in [-0.39, 0.29) is 5.91 Å². The Morgan fingerprint density at radius 1 is 1.13 bits per heavy atom. The molecule has 0 fully saturated rings. The summed E-state index contributed by atoms with van der Waals surface area (Å²) in [6, 6.07) is 9.41. The summed E-state index contributed by atoms with van der Waals surface area (Å²) in [7, 11) is 4.06. The Bertz CT molecular complexity index is 665. The summed E-state index contributed by atoms with van der Waals surface area (Å²) >= 11 is 0. The number of nitrogens with zero attached hydrogens (tertiary/aromatic N) is 2. The third-order valence-corrected chi connectivity index (χ3v) is 3.66. The zero-order valence-electron chi connectivity index (χ0n) is 14.2. The molecule has 0 aliphatic rings. The van der Waals surface area contributed by atoms with E-state index in [4.69, 9.17) is 0 Å². The Kier molecular flexibility index (Phi) is 5.71. The monoisotopic (exact) mass is 312 g/mol. The van der Waals surface area contributed by atoms with Crippen LogP contribution in [0.2, 0.25) is 0 Å². The van der Waals surface area contributed by atoms with Gasteiger partial charge in [0.15, 0.2) is 0 Å². The summed E-state index contributed by atoms with van der Waals surface area (Å²) in [5, 5.41) is 6.11. The lowest BCUT2D eigenvalue weighted by molar-refractivity contribution is 0.102. The second-order valence-electron chi connectivity index (χ2n) is 5.92. The molecule has 0 radical (unpaired) electrons. The first-order chi connectivity index (χ1) is 11.0. The molecule has 0 unspecified atom stereocenters. The number of rotatable bonds is 6. The SMILES string of the molecule is Cc1ccc(C(=O)Nc2ccc(NCCN(C)C)nc2)cc1C. The lowest BCUT2D eigenvalue weighted by Crippen LogP contribution is -2.21. The third kappa shape index (κ3) is 5.07. The lowest BCUT2D eigenvalue weighted by atomic mass is 10.1. The quantitative estimate of drug-likeness (QED) is 0.861. The largest absolute Gasteiger partial charge is 0.369 e. The number of aromatic nitrogens is 1. The van der Waals surface area contributed by atoms with E-state index in [1.54, 1.807) is 6.20 Å². The van der Waals surface area contributed by atoms with Crippen molar-refractivity contribution in [2.24, 2.45) is 0 Å². The highest BCUT2D eigenvalue weighted by Gasteiger charge is 2.07. The van der Waals surface area contributed by atoms with Gasteiger partial charge in [-0.15, -0.1) is 0 Å². The Hall–Kier alpha value is -2.40. The number of aryl methyl sites for hydroxylation is 2. The number of carbonyl (C=O) groups is 1. The molecule has 0 aliphatic carbocycles. The molecule has 2 aromatic rings. The van der Waals surface area contributed by atoms with Crippen LogP contribution >= 0.6 is 0 Å². The molecular weight excluding hydrogens is 288 g/mol. The fourth-order valence-electron chi connectivity index (χ4n) is 2.07. The van der Waals surface area contributed by atoms with Crippen LogP contribution in [-0.4, -0.2) is 43.0 Å². The average Bonchev–Trinajstić information content (AvgIpc) is 2.51. The van der Waals surface area contributed by atoms with Gasteiger partial charge in [-0.2, -0.15) is 0 Å². The van der Waals surface area contributed by atoms with Crippen LogP contribution in [0, 0.1) is 13.8 Å². The topological polar surface area (TPSA) is 57.3 Å². The van der Waals surface area contributed by atoms with E-state index in [1.165, 1.54) is 5.56 Å². The maximum Gasteiger partial charge on any atom is 0.255 e. The Balaban J connectivity index is 1.94. The molecule has 23 heavy (non-hydrogen) atoms. The molecule has 1 heterocycles.